The molecule has 0 bridgehead atoms. The van der Waals surface area contributed by atoms with Gasteiger partial charge in [0, 0.05) is 43.5 Å². The molecule has 8 nitrogen and oxygen atoms in total. The first-order valence-electron chi connectivity index (χ1n) is 10.7. The highest BCUT2D eigenvalue weighted by Crippen LogP contribution is 2.29. The quantitative estimate of drug-likeness (QED) is 0.720. The second-order valence-corrected chi connectivity index (χ2v) is 10.0. The Morgan fingerprint density at radius 1 is 1.06 bits per heavy atom. The van der Waals surface area contributed by atoms with E-state index in [1.54, 1.807) is 54.5 Å². The predicted molar refractivity (Wildman–Crippen MR) is 121 cm³/mol. The summed E-state index contributed by atoms with van der Waals surface area (Å²) in [6, 6.07) is 13.4. The van der Waals surface area contributed by atoms with Crippen molar-refractivity contribution in [2.45, 2.75) is 30.6 Å². The Kier molecular flexibility index (Phi) is 6.48. The first-order chi connectivity index (χ1) is 15.4. The van der Waals surface area contributed by atoms with Crippen molar-refractivity contribution in [1.82, 2.24) is 4.31 Å². The molecule has 2 aliphatic heterocycles. The number of hydrogen-bond donors (Lipinski definition) is 1. The molecule has 0 aliphatic carbocycles. The van der Waals surface area contributed by atoms with Crippen molar-refractivity contribution in [3.63, 3.8) is 0 Å². The van der Waals surface area contributed by atoms with Gasteiger partial charge in [-0.25, -0.2) is 8.42 Å². The lowest BCUT2D eigenvalue weighted by atomic mass is 10.1. The number of amides is 2. The van der Waals surface area contributed by atoms with Gasteiger partial charge >= 0.3 is 0 Å². The van der Waals surface area contributed by atoms with Gasteiger partial charge in [-0.3, -0.25) is 9.59 Å². The van der Waals surface area contributed by atoms with Crippen LogP contribution >= 0.6 is 0 Å². The maximum atomic E-state index is 12.9. The fraction of sp³-hybridized carbons (Fsp3) is 0.391. The summed E-state index contributed by atoms with van der Waals surface area (Å²) in [5.41, 5.74) is 1.08. The number of nitrogens with zero attached hydrogens (tertiary/aromatic N) is 2. The monoisotopic (exact) mass is 457 g/mol. The fourth-order valence-corrected chi connectivity index (χ4v) is 5.71. The topological polar surface area (TPSA) is 96.0 Å². The molecule has 0 spiro atoms. The zero-order valence-corrected chi connectivity index (χ0v) is 18.8. The van der Waals surface area contributed by atoms with E-state index in [4.69, 9.17) is 4.74 Å². The molecule has 2 heterocycles. The molecule has 0 aromatic heterocycles. The Labute approximate surface area is 188 Å². The molecule has 2 saturated heterocycles. The van der Waals surface area contributed by atoms with Crippen molar-refractivity contribution in [2.24, 2.45) is 5.92 Å². The normalized spacial score (nSPS) is 19.7. The summed E-state index contributed by atoms with van der Waals surface area (Å²) in [6.45, 7) is 1.29. The minimum Gasteiger partial charge on any atom is -0.497 e. The van der Waals surface area contributed by atoms with Gasteiger partial charge in [0.15, 0.2) is 0 Å². The van der Waals surface area contributed by atoms with Crippen LogP contribution < -0.4 is 15.0 Å². The van der Waals surface area contributed by atoms with E-state index in [2.05, 4.69) is 5.32 Å². The number of rotatable bonds is 6. The van der Waals surface area contributed by atoms with Crippen LogP contribution in [-0.4, -0.2) is 51.3 Å². The summed E-state index contributed by atoms with van der Waals surface area (Å²) in [4.78, 5) is 27.1. The van der Waals surface area contributed by atoms with Crippen LogP contribution in [0.5, 0.6) is 5.75 Å². The van der Waals surface area contributed by atoms with Crippen molar-refractivity contribution in [1.29, 1.82) is 0 Å². The summed E-state index contributed by atoms with van der Waals surface area (Å²) in [6.07, 6.45) is 2.84. The Balaban J connectivity index is 1.45. The molecular formula is C23H27N3O5S. The number of carbonyl (C=O) groups is 2. The zero-order chi connectivity index (χ0) is 22.7. The standard InChI is InChI=1S/C23H27N3O5S/c1-31-20-9-6-8-19(15-20)26-16-17(13-22(26)27)23(28)24-18-7-5-10-21(14-18)32(29,30)25-11-3-2-4-12-25/h5-10,14-15,17H,2-4,11-13,16H2,1H3,(H,24,28)/t17-/m0/s1. The maximum absolute atomic E-state index is 12.9. The fourth-order valence-electron chi connectivity index (χ4n) is 4.14. The number of anilines is 2. The van der Waals surface area contributed by atoms with Crippen LogP contribution in [0.3, 0.4) is 0 Å². The second kappa shape index (κ2) is 9.30. The Morgan fingerprint density at radius 2 is 1.81 bits per heavy atom. The van der Waals surface area contributed by atoms with E-state index in [9.17, 15) is 18.0 Å². The molecule has 2 aromatic rings. The number of piperidine rings is 1. The summed E-state index contributed by atoms with van der Waals surface area (Å²) in [5.74, 6) is -0.345. The molecule has 32 heavy (non-hydrogen) atoms. The molecule has 1 N–H and O–H groups in total. The summed E-state index contributed by atoms with van der Waals surface area (Å²) in [7, 11) is -2.04. The van der Waals surface area contributed by atoms with E-state index in [-0.39, 0.29) is 29.7 Å². The number of hydrogen-bond acceptors (Lipinski definition) is 5. The van der Waals surface area contributed by atoms with Crippen molar-refractivity contribution in [2.75, 3.05) is 37.0 Å². The predicted octanol–water partition coefficient (Wildman–Crippen LogP) is 2.86. The van der Waals surface area contributed by atoms with E-state index in [1.165, 1.54) is 10.4 Å². The van der Waals surface area contributed by atoms with Crippen molar-refractivity contribution in [3.8, 4) is 5.75 Å². The van der Waals surface area contributed by atoms with Crippen LogP contribution in [0.4, 0.5) is 11.4 Å². The lowest BCUT2D eigenvalue weighted by Crippen LogP contribution is -2.35. The van der Waals surface area contributed by atoms with Crippen LogP contribution in [0.1, 0.15) is 25.7 Å². The largest absolute Gasteiger partial charge is 0.497 e. The highest BCUT2D eigenvalue weighted by molar-refractivity contribution is 7.89. The number of nitrogens with one attached hydrogen (secondary N) is 1. The number of ether oxygens (including phenoxy) is 1. The molecule has 9 heteroatoms. The van der Waals surface area contributed by atoms with Crippen molar-refractivity contribution < 1.29 is 22.7 Å². The molecular weight excluding hydrogens is 430 g/mol. The van der Waals surface area contributed by atoms with E-state index in [0.29, 0.717) is 30.2 Å². The van der Waals surface area contributed by atoms with E-state index < -0.39 is 15.9 Å². The molecule has 0 unspecified atom stereocenters. The van der Waals surface area contributed by atoms with Gasteiger partial charge in [0.2, 0.25) is 21.8 Å². The van der Waals surface area contributed by atoms with E-state index in [0.717, 1.165) is 19.3 Å². The average Bonchev–Trinajstić information content (AvgIpc) is 3.21. The van der Waals surface area contributed by atoms with Gasteiger partial charge in [0.1, 0.15) is 5.75 Å². The van der Waals surface area contributed by atoms with Crippen molar-refractivity contribution in [3.05, 3.63) is 48.5 Å². The third-order valence-corrected chi connectivity index (χ3v) is 7.81. The minimum atomic E-state index is -3.59. The molecule has 0 radical (unpaired) electrons. The number of sulfonamides is 1. The van der Waals surface area contributed by atoms with Gasteiger partial charge < -0.3 is 15.0 Å². The van der Waals surface area contributed by atoms with Crippen LogP contribution in [0.25, 0.3) is 0 Å². The SMILES string of the molecule is COc1cccc(N2C[C@@H](C(=O)Nc3cccc(S(=O)(=O)N4CCCCC4)c3)CC2=O)c1. The lowest BCUT2D eigenvalue weighted by molar-refractivity contribution is -0.122. The maximum Gasteiger partial charge on any atom is 0.243 e. The smallest absolute Gasteiger partial charge is 0.243 e. The van der Waals surface area contributed by atoms with Gasteiger partial charge in [0.25, 0.3) is 0 Å². The Hall–Kier alpha value is -2.91. The Morgan fingerprint density at radius 3 is 2.56 bits per heavy atom. The molecule has 1 atom stereocenters. The van der Waals surface area contributed by atoms with Gasteiger partial charge in [-0.15, -0.1) is 0 Å². The molecule has 4 rings (SSSR count). The third kappa shape index (κ3) is 4.63. The second-order valence-electron chi connectivity index (χ2n) is 8.09. The van der Waals surface area contributed by atoms with Gasteiger partial charge in [-0.1, -0.05) is 18.6 Å². The third-order valence-electron chi connectivity index (χ3n) is 5.92. The van der Waals surface area contributed by atoms with Gasteiger partial charge in [0.05, 0.1) is 17.9 Å². The van der Waals surface area contributed by atoms with Crippen LogP contribution in [-0.2, 0) is 19.6 Å². The lowest BCUT2D eigenvalue weighted by Gasteiger charge is -2.26. The highest BCUT2D eigenvalue weighted by Gasteiger charge is 2.35. The van der Waals surface area contributed by atoms with Gasteiger partial charge in [-0.2, -0.15) is 4.31 Å². The van der Waals surface area contributed by atoms with E-state index in [1.807, 2.05) is 0 Å². The molecule has 2 aromatic carbocycles. The number of methoxy groups -OCH3 is 1. The van der Waals surface area contributed by atoms with Gasteiger partial charge in [-0.05, 0) is 43.2 Å². The number of benzene rings is 2. The average molecular weight is 458 g/mol. The summed E-state index contributed by atoms with van der Waals surface area (Å²) < 4.78 is 32.6. The number of carbonyl (C=O) groups excluding carboxylic acids is 2. The van der Waals surface area contributed by atoms with E-state index >= 15 is 0 Å². The molecule has 2 amide bonds. The van der Waals surface area contributed by atoms with Crippen molar-refractivity contribution >= 4 is 33.2 Å². The molecule has 170 valence electrons. The highest BCUT2D eigenvalue weighted by atomic mass is 32.2. The molecule has 2 aliphatic rings. The van der Waals surface area contributed by atoms with Crippen LogP contribution in [0.2, 0.25) is 0 Å². The van der Waals surface area contributed by atoms with Crippen LogP contribution in [0, 0.1) is 5.92 Å². The first-order valence-corrected chi connectivity index (χ1v) is 12.2. The minimum absolute atomic E-state index is 0.0921. The first kappa shape index (κ1) is 22.3. The zero-order valence-electron chi connectivity index (χ0n) is 18.0. The van der Waals surface area contributed by atoms with Crippen LogP contribution in [0.15, 0.2) is 53.4 Å². The summed E-state index contributed by atoms with van der Waals surface area (Å²) in [5, 5.41) is 2.79. The molecule has 0 saturated carbocycles. The summed E-state index contributed by atoms with van der Waals surface area (Å²) >= 11 is 0. The Bertz CT molecular complexity index is 1110. The molecule has 2 fully saturated rings.